The van der Waals surface area contributed by atoms with E-state index in [9.17, 15) is 19.5 Å². The van der Waals surface area contributed by atoms with Crippen LogP contribution in [0.2, 0.25) is 0 Å². The molecule has 2 aliphatic carbocycles. The Balaban J connectivity index is 1.11. The Kier molecular flexibility index (Phi) is 5.98. The van der Waals surface area contributed by atoms with Gasteiger partial charge in [0.1, 0.15) is 6.61 Å². The molecule has 1 saturated carbocycles. The van der Waals surface area contributed by atoms with Crippen LogP contribution in [0.5, 0.6) is 0 Å². The second-order valence-electron chi connectivity index (χ2n) is 9.04. The molecule has 2 aliphatic rings. The standard InChI is InChI=1S/C26H26N4O5/c1-30-13-16(12-28-30)23(25(32)33)29-24(31)21-10-15(21)11-27-26(34)35-14-22-19-8-4-2-6-17(19)18-7-3-5-9-20(18)22/h2-9,12-13,15,21-23H,10-11,14H2,1H3,(H,27,34)(H,29,31)(H,32,33)/t15-,21-,23?/m1/s1. The monoisotopic (exact) mass is 474 g/mol. The lowest BCUT2D eigenvalue weighted by Gasteiger charge is -2.15. The highest BCUT2D eigenvalue weighted by molar-refractivity contribution is 5.87. The molecule has 180 valence electrons. The number of aromatic nitrogens is 2. The lowest BCUT2D eigenvalue weighted by Crippen LogP contribution is -2.35. The molecule has 3 N–H and O–H groups in total. The minimum Gasteiger partial charge on any atom is -0.479 e. The predicted octanol–water partition coefficient (Wildman–Crippen LogP) is 2.84. The number of amides is 2. The zero-order chi connectivity index (χ0) is 24.5. The number of carboxylic acid groups (broad SMARTS) is 1. The van der Waals surface area contributed by atoms with Crippen LogP contribution in [-0.2, 0) is 21.4 Å². The molecule has 0 radical (unpaired) electrons. The summed E-state index contributed by atoms with van der Waals surface area (Å²) in [6.07, 6.45) is 3.02. The molecule has 1 unspecified atom stereocenters. The molecule has 0 aliphatic heterocycles. The fourth-order valence-corrected chi connectivity index (χ4v) is 4.78. The average molecular weight is 475 g/mol. The van der Waals surface area contributed by atoms with Crippen molar-refractivity contribution in [3.63, 3.8) is 0 Å². The lowest BCUT2D eigenvalue weighted by molar-refractivity contribution is -0.142. The molecule has 1 aromatic heterocycles. The minimum atomic E-state index is -1.16. The van der Waals surface area contributed by atoms with Gasteiger partial charge in [-0.25, -0.2) is 9.59 Å². The molecule has 2 amide bonds. The molecule has 9 heteroatoms. The van der Waals surface area contributed by atoms with Gasteiger partial charge in [-0.1, -0.05) is 48.5 Å². The third-order valence-electron chi connectivity index (χ3n) is 6.70. The summed E-state index contributed by atoms with van der Waals surface area (Å²) in [5.74, 6) is -1.92. The summed E-state index contributed by atoms with van der Waals surface area (Å²) < 4.78 is 7.01. The van der Waals surface area contributed by atoms with Crippen molar-refractivity contribution in [3.8, 4) is 11.1 Å². The van der Waals surface area contributed by atoms with Crippen molar-refractivity contribution in [3.05, 3.63) is 77.6 Å². The molecule has 35 heavy (non-hydrogen) atoms. The summed E-state index contributed by atoms with van der Waals surface area (Å²) in [5.41, 5.74) is 5.01. The van der Waals surface area contributed by atoms with Gasteiger partial charge in [0, 0.05) is 37.2 Å². The maximum atomic E-state index is 12.5. The molecule has 0 bridgehead atoms. The van der Waals surface area contributed by atoms with Crippen molar-refractivity contribution in [2.45, 2.75) is 18.4 Å². The molecule has 0 saturated heterocycles. The maximum absolute atomic E-state index is 12.5. The van der Waals surface area contributed by atoms with Gasteiger partial charge in [0.25, 0.3) is 0 Å². The molecule has 5 rings (SSSR count). The number of aryl methyl sites for hydroxylation is 1. The number of rotatable bonds is 8. The topological polar surface area (TPSA) is 123 Å². The fourth-order valence-electron chi connectivity index (χ4n) is 4.78. The fraction of sp³-hybridized carbons (Fsp3) is 0.308. The van der Waals surface area contributed by atoms with Gasteiger partial charge in [-0.2, -0.15) is 5.10 Å². The molecular formula is C26H26N4O5. The Morgan fingerprint density at radius 1 is 1.11 bits per heavy atom. The van der Waals surface area contributed by atoms with Crippen LogP contribution >= 0.6 is 0 Å². The van der Waals surface area contributed by atoms with E-state index in [1.165, 1.54) is 10.9 Å². The lowest BCUT2D eigenvalue weighted by atomic mass is 9.98. The van der Waals surface area contributed by atoms with E-state index in [2.05, 4.69) is 40.0 Å². The molecule has 9 nitrogen and oxygen atoms in total. The van der Waals surface area contributed by atoms with Gasteiger partial charge >= 0.3 is 12.1 Å². The summed E-state index contributed by atoms with van der Waals surface area (Å²) in [7, 11) is 1.68. The summed E-state index contributed by atoms with van der Waals surface area (Å²) in [5, 5.41) is 18.8. The van der Waals surface area contributed by atoms with Gasteiger partial charge in [-0.15, -0.1) is 0 Å². The number of carbonyl (C=O) groups is 3. The van der Waals surface area contributed by atoms with Gasteiger partial charge in [-0.05, 0) is 34.6 Å². The summed E-state index contributed by atoms with van der Waals surface area (Å²) >= 11 is 0. The van der Waals surface area contributed by atoms with E-state index >= 15 is 0 Å². The van der Waals surface area contributed by atoms with Crippen LogP contribution in [0.4, 0.5) is 4.79 Å². The van der Waals surface area contributed by atoms with Crippen molar-refractivity contribution in [2.24, 2.45) is 18.9 Å². The molecule has 2 aromatic carbocycles. The maximum Gasteiger partial charge on any atom is 0.407 e. The van der Waals surface area contributed by atoms with E-state index in [1.54, 1.807) is 13.2 Å². The highest BCUT2D eigenvalue weighted by atomic mass is 16.5. The van der Waals surface area contributed by atoms with E-state index < -0.39 is 18.1 Å². The first-order valence-electron chi connectivity index (χ1n) is 11.5. The first-order valence-corrected chi connectivity index (χ1v) is 11.5. The van der Waals surface area contributed by atoms with E-state index in [-0.39, 0.29) is 30.3 Å². The van der Waals surface area contributed by atoms with Crippen molar-refractivity contribution in [1.82, 2.24) is 20.4 Å². The number of ether oxygens (including phenoxy) is 1. The number of fused-ring (bicyclic) bond motifs is 3. The number of nitrogens with zero attached hydrogens (tertiary/aromatic N) is 2. The van der Waals surface area contributed by atoms with E-state index in [1.807, 2.05) is 24.3 Å². The van der Waals surface area contributed by atoms with Crippen molar-refractivity contribution >= 4 is 18.0 Å². The van der Waals surface area contributed by atoms with Crippen LogP contribution in [-0.4, -0.2) is 46.0 Å². The first kappa shape index (κ1) is 22.6. The highest BCUT2D eigenvalue weighted by Crippen LogP contribution is 2.44. The molecule has 3 atom stereocenters. The molecule has 1 fully saturated rings. The highest BCUT2D eigenvalue weighted by Gasteiger charge is 2.44. The van der Waals surface area contributed by atoms with Gasteiger partial charge < -0.3 is 20.5 Å². The average Bonchev–Trinajstić information content (AvgIpc) is 3.41. The number of nitrogens with one attached hydrogen (secondary N) is 2. The first-order chi connectivity index (χ1) is 16.9. The van der Waals surface area contributed by atoms with Crippen molar-refractivity contribution < 1.29 is 24.2 Å². The predicted molar refractivity (Wildman–Crippen MR) is 126 cm³/mol. The number of alkyl carbamates (subject to hydrolysis) is 1. The number of hydrogen-bond acceptors (Lipinski definition) is 5. The van der Waals surface area contributed by atoms with Gasteiger partial charge in [0.05, 0.1) is 6.20 Å². The van der Waals surface area contributed by atoms with Crippen molar-refractivity contribution in [2.75, 3.05) is 13.2 Å². The number of carbonyl (C=O) groups excluding carboxylic acids is 2. The SMILES string of the molecule is Cn1cc(C(NC(=O)[C@@H]2C[C@@H]2CNC(=O)OCC2c3ccccc3-c3ccccc32)C(=O)O)cn1. The van der Waals surface area contributed by atoms with Gasteiger partial charge in [0.15, 0.2) is 6.04 Å². The number of hydrogen-bond donors (Lipinski definition) is 3. The van der Waals surface area contributed by atoms with Gasteiger partial charge in [0.2, 0.25) is 5.91 Å². The minimum absolute atomic E-state index is 0.0203. The van der Waals surface area contributed by atoms with Crippen LogP contribution in [0.1, 0.15) is 35.1 Å². The third-order valence-corrected chi connectivity index (χ3v) is 6.70. The molecule has 1 heterocycles. The van der Waals surface area contributed by atoms with Crippen LogP contribution in [0.15, 0.2) is 60.9 Å². The quantitative estimate of drug-likeness (QED) is 0.461. The Hall–Kier alpha value is -4.14. The smallest absolute Gasteiger partial charge is 0.407 e. The molecular weight excluding hydrogens is 448 g/mol. The second-order valence-corrected chi connectivity index (χ2v) is 9.04. The van der Waals surface area contributed by atoms with E-state index in [0.717, 1.165) is 22.3 Å². The zero-order valence-corrected chi connectivity index (χ0v) is 19.2. The zero-order valence-electron chi connectivity index (χ0n) is 19.2. The van der Waals surface area contributed by atoms with Crippen LogP contribution in [0.25, 0.3) is 11.1 Å². The Labute approximate surface area is 202 Å². The van der Waals surface area contributed by atoms with Crippen molar-refractivity contribution in [1.29, 1.82) is 0 Å². The summed E-state index contributed by atoms with van der Waals surface area (Å²) in [6, 6.07) is 15.1. The number of benzene rings is 2. The van der Waals surface area contributed by atoms with Gasteiger partial charge in [-0.3, -0.25) is 9.48 Å². The number of aliphatic carboxylic acids is 1. The second kappa shape index (κ2) is 9.25. The Morgan fingerprint density at radius 2 is 1.77 bits per heavy atom. The van der Waals surface area contributed by atoms with Crippen LogP contribution in [0, 0.1) is 11.8 Å². The largest absolute Gasteiger partial charge is 0.479 e. The van der Waals surface area contributed by atoms with Crippen LogP contribution < -0.4 is 10.6 Å². The normalized spacial score (nSPS) is 18.8. The molecule has 0 spiro atoms. The Bertz CT molecular complexity index is 1240. The summed E-state index contributed by atoms with van der Waals surface area (Å²) in [4.78, 5) is 36.5. The van der Waals surface area contributed by atoms with Crippen LogP contribution in [0.3, 0.4) is 0 Å². The van der Waals surface area contributed by atoms with E-state index in [4.69, 9.17) is 4.74 Å². The third kappa shape index (κ3) is 4.62. The Morgan fingerprint density at radius 3 is 2.37 bits per heavy atom. The summed E-state index contributed by atoms with van der Waals surface area (Å²) in [6.45, 7) is 0.513. The van der Waals surface area contributed by atoms with E-state index in [0.29, 0.717) is 18.5 Å². The molecule has 3 aromatic rings. The number of carboxylic acids is 1.